The van der Waals surface area contributed by atoms with Gasteiger partial charge in [-0.25, -0.2) is 8.42 Å². The zero-order valence-electron chi connectivity index (χ0n) is 13.6. The Bertz CT molecular complexity index is 477. The fourth-order valence-corrected chi connectivity index (χ4v) is 2.67. The summed E-state index contributed by atoms with van der Waals surface area (Å²) in [6.07, 6.45) is 0. The maximum atomic E-state index is 12.1. The maximum absolute atomic E-state index is 12.1. The molecule has 0 aromatic carbocycles. The van der Waals surface area contributed by atoms with Crippen LogP contribution in [-0.2, 0) is 29.1 Å². The topological polar surface area (TPSA) is 98.8 Å². The zero-order chi connectivity index (χ0) is 17.0. The van der Waals surface area contributed by atoms with Gasteiger partial charge in [-0.1, -0.05) is 13.8 Å². The third-order valence-corrected chi connectivity index (χ3v) is 4.32. The van der Waals surface area contributed by atoms with E-state index in [4.69, 9.17) is 4.74 Å². The van der Waals surface area contributed by atoms with Gasteiger partial charge in [-0.05, 0) is 33.6 Å². The fourth-order valence-electron chi connectivity index (χ4n) is 1.39. The molecule has 1 unspecified atom stereocenters. The largest absolute Gasteiger partial charge is 0.468 e. The van der Waals surface area contributed by atoms with Gasteiger partial charge in [0, 0.05) is 0 Å². The molecular formula is C13H25NO6S. The summed E-state index contributed by atoms with van der Waals surface area (Å²) in [7, 11) is -2.94. The van der Waals surface area contributed by atoms with Crippen LogP contribution in [0.4, 0.5) is 0 Å². The second-order valence-corrected chi connectivity index (χ2v) is 8.12. The van der Waals surface area contributed by atoms with Gasteiger partial charge in [0.05, 0.1) is 7.11 Å². The Hall–Kier alpha value is -1.15. The Labute approximate surface area is 126 Å². The van der Waals surface area contributed by atoms with Gasteiger partial charge in [-0.3, -0.25) is 9.59 Å². The SMILES string of the molecule is COC(=O)C(C)S(=O)(=O)N[C@@H](C(=O)OC(C)(C)C)C(C)C. The Morgan fingerprint density at radius 3 is 1.86 bits per heavy atom. The van der Waals surface area contributed by atoms with Crippen molar-refractivity contribution in [3.8, 4) is 0 Å². The lowest BCUT2D eigenvalue weighted by atomic mass is 10.1. The van der Waals surface area contributed by atoms with Gasteiger partial charge in [0.1, 0.15) is 11.6 Å². The minimum Gasteiger partial charge on any atom is -0.468 e. The number of esters is 2. The number of carbonyl (C=O) groups is 2. The van der Waals surface area contributed by atoms with Crippen LogP contribution in [0.5, 0.6) is 0 Å². The summed E-state index contributed by atoms with van der Waals surface area (Å²) in [6, 6.07) is -1.07. The summed E-state index contributed by atoms with van der Waals surface area (Å²) in [4.78, 5) is 23.4. The molecule has 0 aromatic heterocycles. The van der Waals surface area contributed by atoms with Crippen molar-refractivity contribution in [2.24, 2.45) is 5.92 Å². The van der Waals surface area contributed by atoms with E-state index in [1.165, 1.54) is 6.92 Å². The molecule has 0 fully saturated rings. The first-order valence-corrected chi connectivity index (χ1v) is 8.18. The highest BCUT2D eigenvalue weighted by atomic mass is 32.2. The van der Waals surface area contributed by atoms with E-state index in [2.05, 4.69) is 9.46 Å². The van der Waals surface area contributed by atoms with Crippen LogP contribution in [0.25, 0.3) is 0 Å². The monoisotopic (exact) mass is 323 g/mol. The van der Waals surface area contributed by atoms with Crippen LogP contribution < -0.4 is 4.72 Å². The quantitative estimate of drug-likeness (QED) is 0.727. The van der Waals surface area contributed by atoms with E-state index in [-0.39, 0.29) is 5.92 Å². The van der Waals surface area contributed by atoms with E-state index in [0.29, 0.717) is 0 Å². The van der Waals surface area contributed by atoms with Crippen molar-refractivity contribution in [2.75, 3.05) is 7.11 Å². The third kappa shape index (κ3) is 6.43. The molecule has 0 saturated heterocycles. The summed E-state index contributed by atoms with van der Waals surface area (Å²) in [5, 5.41) is -1.41. The lowest BCUT2D eigenvalue weighted by Gasteiger charge is -2.27. The van der Waals surface area contributed by atoms with Gasteiger partial charge in [0.25, 0.3) is 0 Å². The second kappa shape index (κ2) is 7.22. The zero-order valence-corrected chi connectivity index (χ0v) is 14.4. The summed E-state index contributed by atoms with van der Waals surface area (Å²) in [6.45, 7) is 9.62. The fraction of sp³-hybridized carbons (Fsp3) is 0.846. The number of hydrogen-bond donors (Lipinski definition) is 1. The van der Waals surface area contributed by atoms with Crippen LogP contribution in [0.15, 0.2) is 0 Å². The van der Waals surface area contributed by atoms with Gasteiger partial charge in [0.2, 0.25) is 10.0 Å². The molecule has 2 atom stereocenters. The van der Waals surface area contributed by atoms with Crippen molar-refractivity contribution < 1.29 is 27.5 Å². The Morgan fingerprint density at radius 1 is 1.05 bits per heavy atom. The molecule has 0 aliphatic carbocycles. The number of nitrogens with one attached hydrogen (secondary N) is 1. The first kappa shape index (κ1) is 19.9. The summed E-state index contributed by atoms with van der Waals surface area (Å²) in [5.74, 6) is -1.91. The van der Waals surface area contributed by atoms with E-state index in [1.807, 2.05) is 0 Å². The van der Waals surface area contributed by atoms with Gasteiger partial charge in [-0.2, -0.15) is 4.72 Å². The van der Waals surface area contributed by atoms with Crippen LogP contribution >= 0.6 is 0 Å². The number of hydrogen-bond acceptors (Lipinski definition) is 6. The number of ether oxygens (including phenoxy) is 2. The van der Waals surface area contributed by atoms with Crippen LogP contribution in [0.1, 0.15) is 41.5 Å². The molecule has 0 heterocycles. The van der Waals surface area contributed by atoms with Crippen LogP contribution in [0.2, 0.25) is 0 Å². The Balaban J connectivity index is 5.19. The smallest absolute Gasteiger partial charge is 0.325 e. The van der Waals surface area contributed by atoms with Crippen molar-refractivity contribution in [3.05, 3.63) is 0 Å². The normalized spacial score (nSPS) is 15.4. The Kier molecular flexibility index (Phi) is 6.82. The van der Waals surface area contributed by atoms with Crippen molar-refractivity contribution in [1.29, 1.82) is 0 Å². The third-order valence-electron chi connectivity index (χ3n) is 2.62. The van der Waals surface area contributed by atoms with E-state index < -0.39 is 38.9 Å². The predicted octanol–water partition coefficient (Wildman–Crippen LogP) is 0.834. The van der Waals surface area contributed by atoms with Crippen LogP contribution in [-0.4, -0.2) is 44.4 Å². The molecule has 0 spiro atoms. The lowest BCUT2D eigenvalue weighted by molar-refractivity contribution is -0.158. The molecule has 7 nitrogen and oxygen atoms in total. The standard InChI is InChI=1S/C13H25NO6S/c1-8(2)10(12(16)20-13(4,5)6)14-21(17,18)9(3)11(15)19-7/h8-10,14H,1-7H3/t9?,10-/m1/s1. The second-order valence-electron chi connectivity index (χ2n) is 6.08. The highest BCUT2D eigenvalue weighted by Gasteiger charge is 2.36. The first-order valence-electron chi connectivity index (χ1n) is 6.63. The molecule has 1 N–H and O–H groups in total. The summed E-state index contributed by atoms with van der Waals surface area (Å²) < 4.78 is 36.0. The van der Waals surface area contributed by atoms with Crippen molar-refractivity contribution in [1.82, 2.24) is 4.72 Å². The van der Waals surface area contributed by atoms with Crippen molar-refractivity contribution in [2.45, 2.75) is 58.4 Å². The van der Waals surface area contributed by atoms with Crippen molar-refractivity contribution >= 4 is 22.0 Å². The minimum absolute atomic E-state index is 0.334. The van der Waals surface area contributed by atoms with Gasteiger partial charge in [0.15, 0.2) is 5.25 Å². The van der Waals surface area contributed by atoms with Gasteiger partial charge in [-0.15, -0.1) is 0 Å². The highest BCUT2D eigenvalue weighted by molar-refractivity contribution is 7.90. The number of methoxy groups -OCH3 is 1. The minimum atomic E-state index is -4.04. The van der Waals surface area contributed by atoms with Crippen molar-refractivity contribution in [3.63, 3.8) is 0 Å². The average Bonchev–Trinajstić information content (AvgIpc) is 2.31. The number of rotatable bonds is 6. The van der Waals surface area contributed by atoms with E-state index in [9.17, 15) is 18.0 Å². The predicted molar refractivity (Wildman–Crippen MR) is 78.0 cm³/mol. The lowest BCUT2D eigenvalue weighted by Crippen LogP contribution is -2.50. The molecule has 0 bridgehead atoms. The maximum Gasteiger partial charge on any atom is 0.325 e. The number of sulfonamides is 1. The molecule has 0 saturated carbocycles. The molecule has 0 radical (unpaired) electrons. The van der Waals surface area contributed by atoms with E-state index in [1.54, 1.807) is 34.6 Å². The molecule has 0 rings (SSSR count). The molecule has 0 aliphatic heterocycles. The van der Waals surface area contributed by atoms with E-state index in [0.717, 1.165) is 7.11 Å². The summed E-state index contributed by atoms with van der Waals surface area (Å²) in [5.41, 5.74) is -0.733. The molecule has 124 valence electrons. The molecule has 8 heteroatoms. The molecular weight excluding hydrogens is 298 g/mol. The average molecular weight is 323 g/mol. The van der Waals surface area contributed by atoms with E-state index >= 15 is 0 Å². The van der Waals surface area contributed by atoms with Gasteiger partial charge < -0.3 is 9.47 Å². The Morgan fingerprint density at radius 2 is 1.52 bits per heavy atom. The summed E-state index contributed by atoms with van der Waals surface area (Å²) >= 11 is 0. The highest BCUT2D eigenvalue weighted by Crippen LogP contribution is 2.14. The molecule has 0 aromatic rings. The van der Waals surface area contributed by atoms with Crippen LogP contribution in [0.3, 0.4) is 0 Å². The molecule has 0 amide bonds. The molecule has 21 heavy (non-hydrogen) atoms. The molecule has 0 aliphatic rings. The van der Waals surface area contributed by atoms with Gasteiger partial charge >= 0.3 is 11.9 Å². The number of carbonyl (C=O) groups excluding carboxylic acids is 2. The first-order chi connectivity index (χ1) is 9.31. The van der Waals surface area contributed by atoms with Crippen LogP contribution in [0, 0.1) is 5.92 Å².